The Labute approximate surface area is 354 Å². The van der Waals surface area contributed by atoms with E-state index < -0.39 is 80.7 Å². The smallest absolute Gasteiger partial charge is 0.306 e. The molecule has 14 heteroatoms. The first-order valence-electron chi connectivity index (χ1n) is 23.3. The lowest BCUT2D eigenvalue weighted by molar-refractivity contribution is -0.332. The van der Waals surface area contributed by atoms with Gasteiger partial charge in [0, 0.05) is 13.0 Å². The third-order valence-electron chi connectivity index (χ3n) is 11.3. The highest BCUT2D eigenvalue weighted by Gasteiger charge is 2.47. The van der Waals surface area contributed by atoms with Crippen LogP contribution in [0.5, 0.6) is 0 Å². The topological polar surface area (TPSA) is 214 Å². The van der Waals surface area contributed by atoms with Crippen molar-refractivity contribution in [1.82, 2.24) is 0 Å². The highest BCUT2D eigenvalue weighted by Crippen LogP contribution is 2.26. The van der Waals surface area contributed by atoms with Gasteiger partial charge in [-0.25, -0.2) is 0 Å². The highest BCUT2D eigenvalue weighted by molar-refractivity contribution is 5.69. The average Bonchev–Trinajstić information content (AvgIpc) is 3.23. The molecule has 0 aliphatic carbocycles. The molecule has 0 spiro atoms. The van der Waals surface area contributed by atoms with Crippen LogP contribution in [0.15, 0.2) is 12.2 Å². The van der Waals surface area contributed by atoms with Crippen LogP contribution in [0.3, 0.4) is 0 Å². The number of unbranched alkanes of at least 4 members (excludes halogenated alkanes) is 20. The fraction of sp³-hybridized carbons (Fsp3) is 0.933. The summed E-state index contributed by atoms with van der Waals surface area (Å²) < 4.78 is 34.1. The van der Waals surface area contributed by atoms with Crippen molar-refractivity contribution in [2.24, 2.45) is 0 Å². The van der Waals surface area contributed by atoms with E-state index in [1.54, 1.807) is 0 Å². The second-order valence-electron chi connectivity index (χ2n) is 16.6. The Balaban J connectivity index is 1.81. The number of aliphatic hydroxyl groups is 7. The van der Waals surface area contributed by atoms with E-state index >= 15 is 0 Å². The van der Waals surface area contributed by atoms with E-state index in [-0.39, 0.29) is 25.6 Å². The molecule has 0 aromatic heterocycles. The van der Waals surface area contributed by atoms with Crippen LogP contribution in [0, 0.1) is 0 Å². The molecule has 0 bridgehead atoms. The molecule has 59 heavy (non-hydrogen) atoms. The number of allylic oxidation sites excluding steroid dienone is 2. The highest BCUT2D eigenvalue weighted by atomic mass is 16.7. The maximum atomic E-state index is 12.9. The Kier molecular flexibility index (Phi) is 31.3. The first kappa shape index (κ1) is 53.9. The van der Waals surface area contributed by atoms with Gasteiger partial charge in [-0.15, -0.1) is 0 Å². The maximum Gasteiger partial charge on any atom is 0.306 e. The first-order valence-corrected chi connectivity index (χ1v) is 23.3. The lowest BCUT2D eigenvalue weighted by Gasteiger charge is -2.42. The number of rotatable bonds is 36. The summed E-state index contributed by atoms with van der Waals surface area (Å²) in [4.78, 5) is 12.9. The molecule has 2 heterocycles. The Morgan fingerprint density at radius 1 is 0.542 bits per heavy atom. The number of ether oxygens (including phenoxy) is 6. The molecule has 348 valence electrons. The van der Waals surface area contributed by atoms with E-state index in [4.69, 9.17) is 28.4 Å². The van der Waals surface area contributed by atoms with Crippen LogP contribution in [0.4, 0.5) is 0 Å². The Hall–Kier alpha value is -1.27. The molecule has 11 unspecified atom stereocenters. The molecule has 11 atom stereocenters. The predicted octanol–water partition coefficient (Wildman–Crippen LogP) is 5.51. The summed E-state index contributed by atoms with van der Waals surface area (Å²) in [5.74, 6) is -0.378. The molecule has 7 N–H and O–H groups in total. The van der Waals surface area contributed by atoms with Crippen LogP contribution in [0.25, 0.3) is 0 Å². The molecule has 2 aliphatic heterocycles. The molecule has 2 saturated heterocycles. The number of aliphatic hydroxyl groups excluding tert-OH is 7. The molecule has 0 radical (unpaired) electrons. The summed E-state index contributed by atoms with van der Waals surface area (Å²) in [5, 5.41) is 71.9. The van der Waals surface area contributed by atoms with Gasteiger partial charge < -0.3 is 64.2 Å². The molecule has 0 saturated carbocycles. The minimum atomic E-state index is -1.70. The third-order valence-corrected chi connectivity index (χ3v) is 11.3. The molecular weight excluding hydrogens is 764 g/mol. The summed E-state index contributed by atoms with van der Waals surface area (Å²) in [6.45, 7) is 3.64. The van der Waals surface area contributed by atoms with E-state index in [0.717, 1.165) is 44.9 Å². The minimum Gasteiger partial charge on any atom is -0.457 e. The SMILES string of the molecule is CCCC/C=C\CCCCCCCCOCC(COC1OC(COC2OC(CO)C(O)C(O)C2O)C(O)C(O)C1O)OC(=O)CCCCCCCCCCCCCCC. The summed E-state index contributed by atoms with van der Waals surface area (Å²) in [6.07, 6.45) is 15.6. The number of esters is 1. The van der Waals surface area contributed by atoms with E-state index in [0.29, 0.717) is 13.0 Å². The van der Waals surface area contributed by atoms with Gasteiger partial charge in [0.2, 0.25) is 0 Å². The van der Waals surface area contributed by atoms with Crippen molar-refractivity contribution in [2.45, 2.75) is 235 Å². The van der Waals surface area contributed by atoms with E-state index in [9.17, 15) is 40.5 Å². The Bertz CT molecular complexity index is 1030. The standard InChI is InChI=1S/C45H84O14/c1-3-5-7-9-11-13-15-17-18-20-22-24-26-28-37(47)57-34(31-54-29-27-25-23-21-19-16-14-12-10-8-6-4-2)32-55-44-43(53)41(51)39(49)36(59-44)33-56-45-42(52)40(50)38(48)35(30-46)58-45/h10,12,34-36,38-46,48-53H,3-9,11,13-33H2,1-2H3/b12-10-. The molecule has 2 fully saturated rings. The summed E-state index contributed by atoms with van der Waals surface area (Å²) in [5.41, 5.74) is 0. The second kappa shape index (κ2) is 34.2. The quantitative estimate of drug-likeness (QED) is 0.0235. The fourth-order valence-corrected chi connectivity index (χ4v) is 7.38. The van der Waals surface area contributed by atoms with Crippen molar-refractivity contribution in [2.75, 3.05) is 33.0 Å². The minimum absolute atomic E-state index is 0.0619. The van der Waals surface area contributed by atoms with Crippen LogP contribution in [-0.2, 0) is 33.2 Å². The number of hydrogen-bond donors (Lipinski definition) is 7. The zero-order valence-corrected chi connectivity index (χ0v) is 36.5. The zero-order chi connectivity index (χ0) is 43.1. The third kappa shape index (κ3) is 23.1. The molecule has 0 aromatic carbocycles. The second-order valence-corrected chi connectivity index (χ2v) is 16.6. The zero-order valence-electron chi connectivity index (χ0n) is 36.5. The van der Waals surface area contributed by atoms with E-state index in [2.05, 4.69) is 26.0 Å². The van der Waals surface area contributed by atoms with Crippen LogP contribution >= 0.6 is 0 Å². The van der Waals surface area contributed by atoms with Gasteiger partial charge in [-0.3, -0.25) is 4.79 Å². The van der Waals surface area contributed by atoms with Crippen molar-refractivity contribution in [1.29, 1.82) is 0 Å². The van der Waals surface area contributed by atoms with Crippen LogP contribution < -0.4 is 0 Å². The molecule has 2 aliphatic rings. The van der Waals surface area contributed by atoms with E-state index in [1.807, 2.05) is 0 Å². The summed E-state index contributed by atoms with van der Waals surface area (Å²) in [6, 6.07) is 0. The van der Waals surface area contributed by atoms with Crippen molar-refractivity contribution < 1.29 is 69.0 Å². The van der Waals surface area contributed by atoms with Gasteiger partial charge >= 0.3 is 5.97 Å². The summed E-state index contributed by atoms with van der Waals surface area (Å²) >= 11 is 0. The van der Waals surface area contributed by atoms with Crippen LogP contribution in [-0.4, -0.2) is 142 Å². The van der Waals surface area contributed by atoms with Gasteiger partial charge in [0.05, 0.1) is 26.4 Å². The number of carbonyl (C=O) groups excluding carboxylic acids is 1. The summed E-state index contributed by atoms with van der Waals surface area (Å²) in [7, 11) is 0. The fourth-order valence-electron chi connectivity index (χ4n) is 7.38. The molecule has 2 rings (SSSR count). The van der Waals surface area contributed by atoms with E-state index in [1.165, 1.54) is 96.3 Å². The Morgan fingerprint density at radius 3 is 1.59 bits per heavy atom. The van der Waals surface area contributed by atoms with Gasteiger partial charge in [0.15, 0.2) is 12.6 Å². The lowest BCUT2D eigenvalue weighted by atomic mass is 9.98. The van der Waals surface area contributed by atoms with Crippen LogP contribution in [0.2, 0.25) is 0 Å². The molecule has 0 amide bonds. The van der Waals surface area contributed by atoms with Gasteiger partial charge in [0.1, 0.15) is 54.9 Å². The van der Waals surface area contributed by atoms with Crippen molar-refractivity contribution >= 4 is 5.97 Å². The predicted molar refractivity (Wildman–Crippen MR) is 224 cm³/mol. The van der Waals surface area contributed by atoms with Crippen molar-refractivity contribution in [3.63, 3.8) is 0 Å². The number of carbonyl (C=O) groups is 1. The van der Waals surface area contributed by atoms with Crippen LogP contribution in [0.1, 0.15) is 168 Å². The molecular formula is C45H84O14. The van der Waals surface area contributed by atoms with Crippen molar-refractivity contribution in [3.8, 4) is 0 Å². The average molecular weight is 849 g/mol. The number of hydrogen-bond acceptors (Lipinski definition) is 14. The van der Waals surface area contributed by atoms with Gasteiger partial charge in [-0.05, 0) is 32.1 Å². The van der Waals surface area contributed by atoms with Gasteiger partial charge in [-0.1, -0.05) is 142 Å². The maximum absolute atomic E-state index is 12.9. The molecule has 14 nitrogen and oxygen atoms in total. The normalized spacial score (nSPS) is 28.0. The lowest BCUT2D eigenvalue weighted by Crippen LogP contribution is -2.61. The molecule has 0 aromatic rings. The van der Waals surface area contributed by atoms with Gasteiger partial charge in [0.25, 0.3) is 0 Å². The first-order chi connectivity index (χ1) is 28.6. The largest absolute Gasteiger partial charge is 0.457 e. The van der Waals surface area contributed by atoms with Gasteiger partial charge in [-0.2, -0.15) is 0 Å². The Morgan fingerprint density at radius 2 is 1.02 bits per heavy atom. The van der Waals surface area contributed by atoms with Crippen molar-refractivity contribution in [3.05, 3.63) is 12.2 Å². The monoisotopic (exact) mass is 849 g/mol.